The Hall–Kier alpha value is -1.94. The summed E-state index contributed by atoms with van der Waals surface area (Å²) in [5.41, 5.74) is 4.34. The molecule has 2 heterocycles. The maximum Gasteiger partial charge on any atom is 0.140 e. The quantitative estimate of drug-likeness (QED) is 0.550. The number of aromatic nitrogens is 2. The number of nitrogens with two attached hydrogens (primary N) is 1. The number of anilines is 1. The van der Waals surface area contributed by atoms with Crippen LogP contribution in [-0.2, 0) is 0 Å². The van der Waals surface area contributed by atoms with Gasteiger partial charge in [0.2, 0.25) is 0 Å². The van der Waals surface area contributed by atoms with Crippen molar-refractivity contribution < 1.29 is 0 Å². The van der Waals surface area contributed by atoms with E-state index >= 15 is 0 Å². The number of nitrogens with zero attached hydrogens (tertiary/aromatic N) is 2. The van der Waals surface area contributed by atoms with Crippen molar-refractivity contribution in [1.29, 1.82) is 0 Å². The third-order valence-electron chi connectivity index (χ3n) is 1.85. The van der Waals surface area contributed by atoms with Gasteiger partial charge in [-0.3, -0.25) is 4.98 Å². The van der Waals surface area contributed by atoms with Gasteiger partial charge in [0, 0.05) is 18.0 Å². The van der Waals surface area contributed by atoms with Crippen molar-refractivity contribution in [2.45, 2.75) is 0 Å². The number of rotatable bonds is 2. The first-order valence-electron chi connectivity index (χ1n) is 4.24. The van der Waals surface area contributed by atoms with Crippen LogP contribution in [0, 0.1) is 0 Å². The summed E-state index contributed by atoms with van der Waals surface area (Å²) in [5, 5.41) is 0. The number of pyridine rings is 2. The van der Waals surface area contributed by atoms with E-state index in [1.165, 1.54) is 0 Å². The molecule has 4 nitrogen and oxygen atoms in total. The van der Waals surface area contributed by atoms with Gasteiger partial charge in [-0.25, -0.2) is 10.8 Å². The summed E-state index contributed by atoms with van der Waals surface area (Å²) in [6.07, 6.45) is 3.50. The van der Waals surface area contributed by atoms with Crippen molar-refractivity contribution in [2.24, 2.45) is 5.84 Å². The molecule has 0 amide bonds. The van der Waals surface area contributed by atoms with E-state index in [9.17, 15) is 0 Å². The lowest BCUT2D eigenvalue weighted by molar-refractivity contribution is 1.22. The Morgan fingerprint density at radius 2 is 2.07 bits per heavy atom. The standard InChI is InChI=1S/C10H10N4/c11-14-10-5-1-4-9(13-10)8-3-2-6-12-7-8/h1-7H,11H2,(H,13,14). The molecular formula is C10H10N4. The van der Waals surface area contributed by atoms with Crippen LogP contribution < -0.4 is 11.3 Å². The van der Waals surface area contributed by atoms with Gasteiger partial charge in [0.05, 0.1) is 5.69 Å². The second-order valence-electron chi connectivity index (χ2n) is 2.79. The molecule has 0 aliphatic carbocycles. The van der Waals surface area contributed by atoms with Crippen LogP contribution in [0.25, 0.3) is 11.3 Å². The predicted octanol–water partition coefficient (Wildman–Crippen LogP) is 1.43. The third kappa shape index (κ3) is 1.70. The first-order valence-corrected chi connectivity index (χ1v) is 4.24. The molecule has 2 rings (SSSR count). The van der Waals surface area contributed by atoms with Gasteiger partial charge in [0.1, 0.15) is 5.82 Å². The molecule has 0 saturated carbocycles. The van der Waals surface area contributed by atoms with Gasteiger partial charge in [-0.2, -0.15) is 0 Å². The second-order valence-corrected chi connectivity index (χ2v) is 2.79. The molecule has 0 aromatic carbocycles. The molecule has 0 unspecified atom stereocenters. The molecule has 2 aromatic heterocycles. The second kappa shape index (κ2) is 3.85. The van der Waals surface area contributed by atoms with Crippen molar-refractivity contribution in [3.8, 4) is 11.3 Å². The molecule has 0 radical (unpaired) electrons. The molecule has 0 fully saturated rings. The molecule has 0 spiro atoms. The molecule has 0 atom stereocenters. The third-order valence-corrected chi connectivity index (χ3v) is 1.85. The van der Waals surface area contributed by atoms with Crippen LogP contribution in [-0.4, -0.2) is 9.97 Å². The Bertz CT molecular complexity index is 413. The van der Waals surface area contributed by atoms with Crippen LogP contribution >= 0.6 is 0 Å². The molecule has 0 bridgehead atoms. The Morgan fingerprint density at radius 3 is 2.79 bits per heavy atom. The highest BCUT2D eigenvalue weighted by Crippen LogP contribution is 2.16. The number of hydrazine groups is 1. The first kappa shape index (κ1) is 8.65. The molecule has 4 heteroatoms. The molecule has 14 heavy (non-hydrogen) atoms. The van der Waals surface area contributed by atoms with E-state index in [4.69, 9.17) is 5.84 Å². The van der Waals surface area contributed by atoms with Crippen LogP contribution in [0.15, 0.2) is 42.7 Å². The molecule has 0 aliphatic heterocycles. The number of hydrogen-bond donors (Lipinski definition) is 2. The molecule has 0 aliphatic rings. The van der Waals surface area contributed by atoms with Crippen molar-refractivity contribution in [1.82, 2.24) is 9.97 Å². The Labute approximate surface area is 81.8 Å². The van der Waals surface area contributed by atoms with Gasteiger partial charge in [-0.15, -0.1) is 0 Å². The Morgan fingerprint density at radius 1 is 1.14 bits per heavy atom. The Balaban J connectivity index is 2.42. The van der Waals surface area contributed by atoms with E-state index in [1.54, 1.807) is 18.5 Å². The number of nitrogen functional groups attached to an aromatic ring is 1. The van der Waals surface area contributed by atoms with Gasteiger partial charge >= 0.3 is 0 Å². The zero-order chi connectivity index (χ0) is 9.80. The summed E-state index contributed by atoms with van der Waals surface area (Å²) in [4.78, 5) is 8.31. The van der Waals surface area contributed by atoms with Crippen LogP contribution in [0.4, 0.5) is 5.82 Å². The summed E-state index contributed by atoms with van der Waals surface area (Å²) in [5.74, 6) is 5.91. The van der Waals surface area contributed by atoms with Crippen molar-refractivity contribution in [2.75, 3.05) is 5.43 Å². The summed E-state index contributed by atoms with van der Waals surface area (Å²) < 4.78 is 0. The van der Waals surface area contributed by atoms with E-state index < -0.39 is 0 Å². The highest BCUT2D eigenvalue weighted by atomic mass is 15.2. The summed E-state index contributed by atoms with van der Waals surface area (Å²) in [6, 6.07) is 9.44. The van der Waals surface area contributed by atoms with Gasteiger partial charge < -0.3 is 5.43 Å². The van der Waals surface area contributed by atoms with Crippen LogP contribution in [0.1, 0.15) is 0 Å². The lowest BCUT2D eigenvalue weighted by Crippen LogP contribution is -2.08. The van der Waals surface area contributed by atoms with Crippen molar-refractivity contribution in [3.05, 3.63) is 42.7 Å². The van der Waals surface area contributed by atoms with Gasteiger partial charge in [0.25, 0.3) is 0 Å². The highest BCUT2D eigenvalue weighted by molar-refractivity contribution is 5.59. The zero-order valence-electron chi connectivity index (χ0n) is 7.51. The summed E-state index contributed by atoms with van der Waals surface area (Å²) in [7, 11) is 0. The van der Waals surface area contributed by atoms with E-state index in [-0.39, 0.29) is 0 Å². The van der Waals surface area contributed by atoms with Crippen LogP contribution in [0.3, 0.4) is 0 Å². The molecule has 2 aromatic rings. The largest absolute Gasteiger partial charge is 0.308 e. The van der Waals surface area contributed by atoms with Gasteiger partial charge in [-0.1, -0.05) is 6.07 Å². The fourth-order valence-electron chi connectivity index (χ4n) is 1.19. The van der Waals surface area contributed by atoms with Crippen molar-refractivity contribution >= 4 is 5.82 Å². The van der Waals surface area contributed by atoms with Crippen LogP contribution in [0.2, 0.25) is 0 Å². The van der Waals surface area contributed by atoms with Crippen molar-refractivity contribution in [3.63, 3.8) is 0 Å². The molecule has 3 N–H and O–H groups in total. The monoisotopic (exact) mass is 186 g/mol. The normalized spacial score (nSPS) is 9.79. The van der Waals surface area contributed by atoms with Crippen LogP contribution in [0.5, 0.6) is 0 Å². The average Bonchev–Trinajstić information content (AvgIpc) is 2.30. The lowest BCUT2D eigenvalue weighted by Gasteiger charge is -2.02. The minimum atomic E-state index is 0.645. The van der Waals surface area contributed by atoms with Gasteiger partial charge in [-0.05, 0) is 24.3 Å². The zero-order valence-corrected chi connectivity index (χ0v) is 7.51. The maximum atomic E-state index is 5.27. The minimum Gasteiger partial charge on any atom is -0.308 e. The van der Waals surface area contributed by atoms with E-state index in [0.717, 1.165) is 11.3 Å². The van der Waals surface area contributed by atoms with E-state index in [0.29, 0.717) is 5.82 Å². The summed E-state index contributed by atoms with van der Waals surface area (Å²) in [6.45, 7) is 0. The average molecular weight is 186 g/mol. The maximum absolute atomic E-state index is 5.27. The predicted molar refractivity (Wildman–Crippen MR) is 55.3 cm³/mol. The smallest absolute Gasteiger partial charge is 0.140 e. The van der Waals surface area contributed by atoms with Gasteiger partial charge in [0.15, 0.2) is 0 Å². The molecule has 70 valence electrons. The minimum absolute atomic E-state index is 0.645. The molecular weight excluding hydrogens is 176 g/mol. The SMILES string of the molecule is NNc1cccc(-c2cccnc2)n1. The first-order chi connectivity index (χ1) is 6.90. The van der Waals surface area contributed by atoms with E-state index in [1.807, 2.05) is 24.3 Å². The highest BCUT2D eigenvalue weighted by Gasteiger charge is 1.98. The topological polar surface area (TPSA) is 63.8 Å². The number of nitrogens with one attached hydrogen (secondary N) is 1. The fourth-order valence-corrected chi connectivity index (χ4v) is 1.19. The number of hydrogen-bond acceptors (Lipinski definition) is 4. The summed E-state index contributed by atoms with van der Waals surface area (Å²) >= 11 is 0. The fraction of sp³-hybridized carbons (Fsp3) is 0. The lowest BCUT2D eigenvalue weighted by atomic mass is 10.2. The molecule has 0 saturated heterocycles. The Kier molecular flexibility index (Phi) is 2.38. The van der Waals surface area contributed by atoms with E-state index in [2.05, 4.69) is 15.4 Å².